The van der Waals surface area contributed by atoms with Crippen molar-refractivity contribution in [3.05, 3.63) is 83.1 Å². The topological polar surface area (TPSA) is 100 Å². The second-order valence-electron chi connectivity index (χ2n) is 8.28. The second kappa shape index (κ2) is 8.17. The Bertz CT molecular complexity index is 1460. The van der Waals surface area contributed by atoms with Gasteiger partial charge in [-0.2, -0.15) is 4.31 Å². The summed E-state index contributed by atoms with van der Waals surface area (Å²) in [6.07, 6.45) is 4.21. The summed E-state index contributed by atoms with van der Waals surface area (Å²) in [4.78, 5) is 20.7. The molecule has 4 heterocycles. The van der Waals surface area contributed by atoms with Crippen molar-refractivity contribution in [2.24, 2.45) is 7.05 Å². The molecule has 0 bridgehead atoms. The van der Waals surface area contributed by atoms with Gasteiger partial charge in [-0.3, -0.25) is 9.78 Å². The van der Waals surface area contributed by atoms with Crippen molar-refractivity contribution in [3.8, 4) is 0 Å². The third kappa shape index (κ3) is 3.73. The van der Waals surface area contributed by atoms with Gasteiger partial charge in [0.1, 0.15) is 10.6 Å². The van der Waals surface area contributed by atoms with Gasteiger partial charge in [-0.25, -0.2) is 8.42 Å². The molecular formula is C24H25N5O3S. The number of amides is 1. The molecule has 33 heavy (non-hydrogen) atoms. The van der Waals surface area contributed by atoms with Crippen LogP contribution in [0.3, 0.4) is 0 Å². The van der Waals surface area contributed by atoms with Gasteiger partial charge in [-0.05, 0) is 42.3 Å². The normalized spacial score (nSPS) is 14.4. The highest BCUT2D eigenvalue weighted by atomic mass is 32.2. The zero-order valence-corrected chi connectivity index (χ0v) is 19.3. The Morgan fingerprint density at radius 1 is 1.21 bits per heavy atom. The van der Waals surface area contributed by atoms with E-state index < -0.39 is 10.0 Å². The molecule has 170 valence electrons. The monoisotopic (exact) mass is 463 g/mol. The number of H-pyrrole nitrogens is 1. The molecule has 1 aliphatic rings. The Balaban J connectivity index is 1.38. The molecule has 4 aromatic rings. The third-order valence-corrected chi connectivity index (χ3v) is 8.36. The summed E-state index contributed by atoms with van der Waals surface area (Å²) in [7, 11) is -2.02. The first-order valence-electron chi connectivity index (χ1n) is 10.8. The molecule has 5 rings (SSSR count). The molecule has 0 aliphatic carbocycles. The van der Waals surface area contributed by atoms with Crippen molar-refractivity contribution < 1.29 is 13.2 Å². The lowest BCUT2D eigenvalue weighted by Crippen LogP contribution is -2.35. The van der Waals surface area contributed by atoms with Gasteiger partial charge in [-0.15, -0.1) is 0 Å². The quantitative estimate of drug-likeness (QED) is 0.475. The molecule has 0 saturated carbocycles. The average Bonchev–Trinajstić information content (AvgIpc) is 3.41. The molecule has 3 aromatic heterocycles. The van der Waals surface area contributed by atoms with Crippen LogP contribution in [0.1, 0.15) is 33.0 Å². The lowest BCUT2D eigenvalue weighted by molar-refractivity contribution is 0.0942. The van der Waals surface area contributed by atoms with Crippen LogP contribution in [0.5, 0.6) is 0 Å². The average molecular weight is 464 g/mol. The zero-order valence-electron chi connectivity index (χ0n) is 18.5. The van der Waals surface area contributed by atoms with Gasteiger partial charge in [0, 0.05) is 62.3 Å². The number of carbonyl (C=O) groups is 1. The van der Waals surface area contributed by atoms with Crippen LogP contribution in [0, 0.1) is 6.92 Å². The molecule has 0 fully saturated rings. The van der Waals surface area contributed by atoms with Crippen LogP contribution in [-0.4, -0.2) is 39.7 Å². The Labute approximate surface area is 192 Å². The number of sulfonamides is 1. The van der Waals surface area contributed by atoms with E-state index in [1.165, 1.54) is 10.4 Å². The molecule has 0 radical (unpaired) electrons. The number of aromatic nitrogens is 3. The number of carbonyl (C=O) groups excluding carboxylic acids is 1. The molecule has 0 spiro atoms. The van der Waals surface area contributed by atoms with Crippen molar-refractivity contribution in [3.63, 3.8) is 0 Å². The van der Waals surface area contributed by atoms with Crippen LogP contribution in [-0.2, 0) is 36.6 Å². The number of aromatic amines is 1. The maximum absolute atomic E-state index is 13.4. The number of hydrogen-bond acceptors (Lipinski definition) is 4. The van der Waals surface area contributed by atoms with Crippen molar-refractivity contribution in [1.29, 1.82) is 0 Å². The Morgan fingerprint density at radius 3 is 2.91 bits per heavy atom. The van der Waals surface area contributed by atoms with Crippen LogP contribution >= 0.6 is 0 Å². The number of rotatable bonds is 5. The minimum atomic E-state index is -3.73. The Hall–Kier alpha value is -3.43. The highest BCUT2D eigenvalue weighted by molar-refractivity contribution is 7.89. The smallest absolute Gasteiger partial charge is 0.268 e. The van der Waals surface area contributed by atoms with Crippen molar-refractivity contribution in [2.45, 2.75) is 31.3 Å². The first kappa shape index (κ1) is 21.4. The SMILES string of the molecule is Cc1c(S(=O)(=O)N2CCc3[nH]ccc3C2)cc(C(=O)NCc2cccc3ncccc23)n1C. The summed E-state index contributed by atoms with van der Waals surface area (Å²) in [6.45, 7) is 2.77. The maximum Gasteiger partial charge on any atom is 0.268 e. The third-order valence-electron chi connectivity index (χ3n) is 6.40. The summed E-state index contributed by atoms with van der Waals surface area (Å²) in [5, 5.41) is 3.90. The van der Waals surface area contributed by atoms with Gasteiger partial charge in [0.25, 0.3) is 5.91 Å². The number of fused-ring (bicyclic) bond motifs is 2. The zero-order chi connectivity index (χ0) is 23.2. The van der Waals surface area contributed by atoms with Crippen LogP contribution in [0.2, 0.25) is 0 Å². The fourth-order valence-corrected chi connectivity index (χ4v) is 6.09. The van der Waals surface area contributed by atoms with E-state index in [1.54, 1.807) is 24.7 Å². The van der Waals surface area contributed by atoms with Crippen LogP contribution in [0.25, 0.3) is 10.9 Å². The summed E-state index contributed by atoms with van der Waals surface area (Å²) in [5.41, 5.74) is 4.72. The number of pyridine rings is 1. The van der Waals surface area contributed by atoms with Gasteiger partial charge >= 0.3 is 0 Å². The van der Waals surface area contributed by atoms with Crippen LogP contribution < -0.4 is 5.32 Å². The van der Waals surface area contributed by atoms with E-state index in [1.807, 2.05) is 42.6 Å². The fraction of sp³-hybridized carbons (Fsp3) is 0.250. The Morgan fingerprint density at radius 2 is 2.06 bits per heavy atom. The first-order chi connectivity index (χ1) is 15.9. The molecule has 0 saturated heterocycles. The van der Waals surface area contributed by atoms with E-state index in [0.29, 0.717) is 37.4 Å². The van der Waals surface area contributed by atoms with Crippen molar-refractivity contribution >= 4 is 26.8 Å². The van der Waals surface area contributed by atoms with Gasteiger partial charge in [-0.1, -0.05) is 18.2 Å². The highest BCUT2D eigenvalue weighted by Crippen LogP contribution is 2.28. The van der Waals surface area contributed by atoms with Gasteiger partial charge in [0.2, 0.25) is 10.0 Å². The molecule has 1 amide bonds. The van der Waals surface area contributed by atoms with E-state index in [0.717, 1.165) is 27.7 Å². The van der Waals surface area contributed by atoms with Gasteiger partial charge in [0.05, 0.1) is 5.52 Å². The minimum absolute atomic E-state index is 0.170. The fourth-order valence-electron chi connectivity index (χ4n) is 4.40. The molecule has 2 N–H and O–H groups in total. The molecular weight excluding hydrogens is 438 g/mol. The molecule has 0 unspecified atom stereocenters. The second-order valence-corrected chi connectivity index (χ2v) is 10.2. The summed E-state index contributed by atoms with van der Waals surface area (Å²) in [6, 6.07) is 13.0. The predicted molar refractivity (Wildman–Crippen MR) is 125 cm³/mol. The molecule has 8 nitrogen and oxygen atoms in total. The van der Waals surface area contributed by atoms with E-state index in [4.69, 9.17) is 0 Å². The standard InChI is InChI=1S/C24H25N5O3S/c1-16-23(33(31,32)29-12-9-20-18(15-29)8-11-26-20)13-22(28(16)2)24(30)27-14-17-5-3-7-21-19(17)6-4-10-25-21/h3-8,10-11,13,26H,9,12,14-15H2,1-2H3,(H,27,30). The number of benzene rings is 1. The minimum Gasteiger partial charge on any atom is -0.365 e. The highest BCUT2D eigenvalue weighted by Gasteiger charge is 2.32. The van der Waals surface area contributed by atoms with Crippen molar-refractivity contribution in [2.75, 3.05) is 6.54 Å². The van der Waals surface area contributed by atoms with Crippen molar-refractivity contribution in [1.82, 2.24) is 24.2 Å². The van der Waals surface area contributed by atoms with Gasteiger partial charge < -0.3 is 14.9 Å². The van der Waals surface area contributed by atoms with Gasteiger partial charge in [0.15, 0.2) is 0 Å². The van der Waals surface area contributed by atoms with E-state index >= 15 is 0 Å². The first-order valence-corrected chi connectivity index (χ1v) is 12.2. The molecule has 9 heteroatoms. The number of nitrogens with one attached hydrogen (secondary N) is 2. The van der Waals surface area contributed by atoms with E-state index in [2.05, 4.69) is 15.3 Å². The maximum atomic E-state index is 13.4. The molecule has 0 atom stereocenters. The lowest BCUT2D eigenvalue weighted by atomic mass is 10.1. The molecule has 1 aromatic carbocycles. The predicted octanol–water partition coefficient (Wildman–Crippen LogP) is 2.89. The Kier molecular flexibility index (Phi) is 5.30. The summed E-state index contributed by atoms with van der Waals surface area (Å²) < 4.78 is 30.0. The van der Waals surface area contributed by atoms with E-state index in [9.17, 15) is 13.2 Å². The summed E-state index contributed by atoms with van der Waals surface area (Å²) >= 11 is 0. The summed E-state index contributed by atoms with van der Waals surface area (Å²) in [5.74, 6) is -0.325. The molecule has 1 aliphatic heterocycles. The van der Waals surface area contributed by atoms with Crippen LogP contribution in [0.15, 0.2) is 59.8 Å². The van der Waals surface area contributed by atoms with Crippen LogP contribution in [0.4, 0.5) is 0 Å². The number of hydrogen-bond donors (Lipinski definition) is 2. The van der Waals surface area contributed by atoms with E-state index in [-0.39, 0.29) is 10.8 Å². The number of nitrogens with zero attached hydrogens (tertiary/aromatic N) is 3. The largest absolute Gasteiger partial charge is 0.365 e. The lowest BCUT2D eigenvalue weighted by Gasteiger charge is -2.26.